The molecule has 0 radical (unpaired) electrons. The Balaban J connectivity index is 3.77. The van der Waals surface area contributed by atoms with E-state index in [1.807, 2.05) is 0 Å². The summed E-state index contributed by atoms with van der Waals surface area (Å²) in [4.78, 5) is 22.7. The molecular formula is C7H7NO2. The molecule has 1 amide bonds. The van der Waals surface area contributed by atoms with Gasteiger partial charge < -0.3 is 0 Å². The molecule has 0 spiro atoms. The number of allylic oxidation sites excluding steroid dienone is 2. The number of amides is 1. The SMILES string of the molecule is C=CC/C=C\C(=O)N=C=O. The summed E-state index contributed by atoms with van der Waals surface area (Å²) in [7, 11) is 0. The molecule has 0 saturated carbocycles. The van der Waals surface area contributed by atoms with Crippen molar-refractivity contribution in [1.82, 2.24) is 0 Å². The van der Waals surface area contributed by atoms with Gasteiger partial charge in [-0.2, -0.15) is 0 Å². The molecule has 3 nitrogen and oxygen atoms in total. The van der Waals surface area contributed by atoms with Crippen LogP contribution < -0.4 is 0 Å². The van der Waals surface area contributed by atoms with E-state index in [9.17, 15) is 9.59 Å². The Morgan fingerprint density at radius 1 is 1.70 bits per heavy atom. The highest BCUT2D eigenvalue weighted by Gasteiger charge is 1.85. The van der Waals surface area contributed by atoms with Crippen molar-refractivity contribution in [2.75, 3.05) is 0 Å². The van der Waals surface area contributed by atoms with Gasteiger partial charge in [0.15, 0.2) is 0 Å². The predicted molar refractivity (Wildman–Crippen MR) is 37.1 cm³/mol. The Morgan fingerprint density at radius 2 is 2.40 bits per heavy atom. The van der Waals surface area contributed by atoms with Crippen LogP contribution in [0.5, 0.6) is 0 Å². The summed E-state index contributed by atoms with van der Waals surface area (Å²) in [6.45, 7) is 3.43. The van der Waals surface area contributed by atoms with Crippen LogP contribution in [0.15, 0.2) is 29.8 Å². The van der Waals surface area contributed by atoms with E-state index in [0.29, 0.717) is 6.42 Å². The van der Waals surface area contributed by atoms with Gasteiger partial charge in [-0.1, -0.05) is 12.2 Å². The Hall–Kier alpha value is -1.47. The van der Waals surface area contributed by atoms with Gasteiger partial charge in [-0.15, -0.1) is 11.6 Å². The highest BCUT2D eigenvalue weighted by atomic mass is 16.2. The molecular weight excluding hydrogens is 130 g/mol. The third kappa shape index (κ3) is 4.68. The normalized spacial score (nSPS) is 8.80. The van der Waals surface area contributed by atoms with Gasteiger partial charge in [0, 0.05) is 6.08 Å². The molecule has 0 fully saturated rings. The van der Waals surface area contributed by atoms with E-state index in [1.165, 1.54) is 6.08 Å². The van der Waals surface area contributed by atoms with Crippen molar-refractivity contribution in [3.63, 3.8) is 0 Å². The molecule has 0 aromatic heterocycles. The maximum atomic E-state index is 10.4. The summed E-state index contributed by atoms with van der Waals surface area (Å²) in [5, 5.41) is 0. The van der Waals surface area contributed by atoms with Gasteiger partial charge in [0.05, 0.1) is 0 Å². The standard InChI is InChI=1S/C7H7NO2/c1-2-3-4-5-7(10)8-6-9/h2,4-5H,1,3H2/b5-4-. The van der Waals surface area contributed by atoms with Crippen LogP contribution in [-0.2, 0) is 9.59 Å². The Labute approximate surface area is 58.8 Å². The summed E-state index contributed by atoms with van der Waals surface area (Å²) < 4.78 is 0. The van der Waals surface area contributed by atoms with Crippen LogP contribution in [0.4, 0.5) is 0 Å². The fourth-order valence-electron chi connectivity index (χ4n) is 0.347. The van der Waals surface area contributed by atoms with E-state index in [4.69, 9.17) is 0 Å². The van der Waals surface area contributed by atoms with Crippen molar-refractivity contribution in [2.45, 2.75) is 6.42 Å². The zero-order chi connectivity index (χ0) is 7.82. The average Bonchev–Trinajstić information content (AvgIpc) is 1.89. The second kappa shape index (κ2) is 5.66. The van der Waals surface area contributed by atoms with E-state index in [2.05, 4.69) is 11.6 Å². The highest BCUT2D eigenvalue weighted by Crippen LogP contribution is 1.83. The Bertz CT molecular complexity index is 200. The minimum absolute atomic E-state index is 0.586. The molecule has 0 N–H and O–H groups in total. The molecule has 0 rings (SSSR count). The molecule has 0 unspecified atom stereocenters. The second-order valence-corrected chi connectivity index (χ2v) is 1.47. The van der Waals surface area contributed by atoms with Crippen LogP contribution in [0.2, 0.25) is 0 Å². The summed E-state index contributed by atoms with van der Waals surface area (Å²) in [5.41, 5.74) is 0. The molecule has 0 bridgehead atoms. The summed E-state index contributed by atoms with van der Waals surface area (Å²) in [5.74, 6) is -0.586. The molecule has 0 aliphatic carbocycles. The number of nitrogens with zero attached hydrogens (tertiary/aromatic N) is 1. The monoisotopic (exact) mass is 137 g/mol. The topological polar surface area (TPSA) is 46.5 Å². The van der Waals surface area contributed by atoms with Crippen LogP contribution in [0.3, 0.4) is 0 Å². The number of hydrogen-bond acceptors (Lipinski definition) is 2. The molecule has 3 heteroatoms. The number of rotatable bonds is 3. The molecule has 0 heterocycles. The molecule has 0 aliphatic rings. The number of aliphatic imine (C=N–C) groups is 1. The smallest absolute Gasteiger partial charge is 0.267 e. The second-order valence-electron chi connectivity index (χ2n) is 1.47. The Kier molecular flexibility index (Phi) is 4.83. The first kappa shape index (κ1) is 8.53. The summed E-state index contributed by atoms with van der Waals surface area (Å²) in [6, 6.07) is 0. The van der Waals surface area contributed by atoms with Gasteiger partial charge in [0.1, 0.15) is 0 Å². The molecule has 0 saturated heterocycles. The van der Waals surface area contributed by atoms with E-state index >= 15 is 0 Å². The first-order chi connectivity index (χ1) is 4.81. The van der Waals surface area contributed by atoms with E-state index < -0.39 is 5.91 Å². The maximum Gasteiger partial charge on any atom is 0.280 e. The molecule has 0 atom stereocenters. The van der Waals surface area contributed by atoms with Gasteiger partial charge >= 0.3 is 0 Å². The van der Waals surface area contributed by atoms with Crippen molar-refractivity contribution in [3.8, 4) is 0 Å². The number of carbonyl (C=O) groups is 1. The van der Waals surface area contributed by atoms with E-state index in [1.54, 1.807) is 12.2 Å². The maximum absolute atomic E-state index is 10.4. The van der Waals surface area contributed by atoms with Gasteiger partial charge in [-0.25, -0.2) is 4.79 Å². The summed E-state index contributed by atoms with van der Waals surface area (Å²) in [6.07, 6.45) is 6.14. The Morgan fingerprint density at radius 3 is 2.90 bits per heavy atom. The molecule has 0 aromatic rings. The fraction of sp³-hybridized carbons (Fsp3) is 0.143. The largest absolute Gasteiger partial charge is 0.280 e. The zero-order valence-corrected chi connectivity index (χ0v) is 5.41. The number of carbonyl (C=O) groups excluding carboxylic acids is 2. The van der Waals surface area contributed by atoms with Crippen molar-refractivity contribution >= 4 is 12.0 Å². The number of hydrogen-bond donors (Lipinski definition) is 0. The third-order valence-electron chi connectivity index (χ3n) is 0.719. The predicted octanol–water partition coefficient (Wildman–Crippen LogP) is 0.981. The third-order valence-corrected chi connectivity index (χ3v) is 0.719. The molecule has 10 heavy (non-hydrogen) atoms. The quantitative estimate of drug-likeness (QED) is 0.252. The van der Waals surface area contributed by atoms with Crippen molar-refractivity contribution in [2.24, 2.45) is 4.99 Å². The minimum atomic E-state index is -0.586. The lowest BCUT2D eigenvalue weighted by molar-refractivity contribution is -0.113. The average molecular weight is 137 g/mol. The van der Waals surface area contributed by atoms with Gasteiger partial charge in [-0.3, -0.25) is 4.79 Å². The first-order valence-electron chi connectivity index (χ1n) is 2.70. The molecule has 0 aromatic carbocycles. The molecule has 0 aliphatic heterocycles. The van der Waals surface area contributed by atoms with Crippen LogP contribution in [-0.4, -0.2) is 12.0 Å². The number of isocyanates is 1. The van der Waals surface area contributed by atoms with Gasteiger partial charge in [-0.05, 0) is 6.42 Å². The minimum Gasteiger partial charge on any atom is -0.267 e. The van der Waals surface area contributed by atoms with E-state index in [0.717, 1.165) is 6.08 Å². The van der Waals surface area contributed by atoms with Crippen molar-refractivity contribution in [3.05, 3.63) is 24.8 Å². The lowest BCUT2D eigenvalue weighted by Crippen LogP contribution is -1.83. The molecule has 52 valence electrons. The fourth-order valence-corrected chi connectivity index (χ4v) is 0.347. The lowest BCUT2D eigenvalue weighted by Gasteiger charge is -1.76. The summed E-state index contributed by atoms with van der Waals surface area (Å²) >= 11 is 0. The van der Waals surface area contributed by atoms with Crippen LogP contribution in [0.25, 0.3) is 0 Å². The highest BCUT2D eigenvalue weighted by molar-refractivity contribution is 5.91. The van der Waals surface area contributed by atoms with Crippen molar-refractivity contribution < 1.29 is 9.59 Å². The van der Waals surface area contributed by atoms with Gasteiger partial charge in [0.25, 0.3) is 5.91 Å². The van der Waals surface area contributed by atoms with Gasteiger partial charge in [0.2, 0.25) is 6.08 Å². The lowest BCUT2D eigenvalue weighted by atomic mass is 10.4. The van der Waals surface area contributed by atoms with Crippen LogP contribution in [0, 0.1) is 0 Å². The zero-order valence-electron chi connectivity index (χ0n) is 5.41. The van der Waals surface area contributed by atoms with Crippen LogP contribution in [0.1, 0.15) is 6.42 Å². The van der Waals surface area contributed by atoms with E-state index in [-0.39, 0.29) is 0 Å². The van der Waals surface area contributed by atoms with Crippen molar-refractivity contribution in [1.29, 1.82) is 0 Å². The first-order valence-corrected chi connectivity index (χ1v) is 2.70. The van der Waals surface area contributed by atoms with Crippen LogP contribution >= 0.6 is 0 Å².